The zero-order chi connectivity index (χ0) is 17.4. The van der Waals surface area contributed by atoms with Gasteiger partial charge in [0.15, 0.2) is 4.34 Å². The van der Waals surface area contributed by atoms with Crippen molar-refractivity contribution in [2.75, 3.05) is 17.2 Å². The van der Waals surface area contributed by atoms with E-state index in [0.29, 0.717) is 5.75 Å². The first kappa shape index (κ1) is 16.5. The summed E-state index contributed by atoms with van der Waals surface area (Å²) in [5, 5.41) is 0. The number of carbonyl (C=O) groups is 1. The summed E-state index contributed by atoms with van der Waals surface area (Å²) in [7, 11) is 0. The Morgan fingerprint density at radius 1 is 1.32 bits per heavy atom. The summed E-state index contributed by atoms with van der Waals surface area (Å²) < 4.78 is 14.9. The zero-order valence-corrected chi connectivity index (χ0v) is 15.4. The second-order valence-corrected chi connectivity index (χ2v) is 8.41. The summed E-state index contributed by atoms with van der Waals surface area (Å²) in [5.74, 6) is 0.180. The third kappa shape index (κ3) is 3.41. The van der Waals surface area contributed by atoms with Gasteiger partial charge in [0, 0.05) is 12.2 Å². The molecule has 0 unspecified atom stereocenters. The van der Waals surface area contributed by atoms with Gasteiger partial charge in [-0.1, -0.05) is 29.5 Å². The van der Waals surface area contributed by atoms with Crippen molar-refractivity contribution >= 4 is 44.9 Å². The van der Waals surface area contributed by atoms with Crippen molar-refractivity contribution in [3.05, 3.63) is 53.3 Å². The van der Waals surface area contributed by atoms with Crippen LogP contribution in [0.5, 0.6) is 0 Å². The van der Waals surface area contributed by atoms with Crippen LogP contribution in [0.25, 0.3) is 10.2 Å². The lowest BCUT2D eigenvalue weighted by molar-refractivity contribution is -0.116. The van der Waals surface area contributed by atoms with E-state index < -0.39 is 0 Å². The van der Waals surface area contributed by atoms with E-state index in [1.165, 1.54) is 46.4 Å². The van der Waals surface area contributed by atoms with E-state index in [0.717, 1.165) is 39.6 Å². The Morgan fingerprint density at radius 2 is 2.20 bits per heavy atom. The van der Waals surface area contributed by atoms with Crippen molar-refractivity contribution in [3.8, 4) is 0 Å². The van der Waals surface area contributed by atoms with Crippen molar-refractivity contribution in [1.29, 1.82) is 0 Å². The summed E-state index contributed by atoms with van der Waals surface area (Å²) in [6.07, 6.45) is 2.02. The SMILES string of the molecule is Cc1ccc2c(c1)CCCN2C(=O)CSc1nc2ccc(F)cc2s1. The highest BCUT2D eigenvalue weighted by Gasteiger charge is 2.22. The third-order valence-corrected chi connectivity index (χ3v) is 6.45. The second kappa shape index (κ2) is 6.77. The van der Waals surface area contributed by atoms with Crippen LogP contribution >= 0.6 is 23.1 Å². The van der Waals surface area contributed by atoms with Gasteiger partial charge in [0.25, 0.3) is 0 Å². The minimum atomic E-state index is -0.260. The lowest BCUT2D eigenvalue weighted by Crippen LogP contribution is -2.36. The predicted molar refractivity (Wildman–Crippen MR) is 102 cm³/mol. The fourth-order valence-electron chi connectivity index (χ4n) is 3.13. The van der Waals surface area contributed by atoms with E-state index in [2.05, 4.69) is 24.0 Å². The van der Waals surface area contributed by atoms with Gasteiger partial charge in [0.2, 0.25) is 5.91 Å². The number of anilines is 1. The number of carbonyl (C=O) groups excluding carboxylic acids is 1. The fourth-order valence-corrected chi connectivity index (χ4v) is 5.09. The van der Waals surface area contributed by atoms with Gasteiger partial charge >= 0.3 is 0 Å². The maximum atomic E-state index is 13.3. The average Bonchev–Trinajstić information content (AvgIpc) is 3.00. The minimum Gasteiger partial charge on any atom is -0.311 e. The number of hydrogen-bond acceptors (Lipinski definition) is 4. The molecule has 1 amide bonds. The third-order valence-electron chi connectivity index (χ3n) is 4.30. The van der Waals surface area contributed by atoms with E-state index >= 15 is 0 Å². The number of fused-ring (bicyclic) bond motifs is 2. The first-order valence-corrected chi connectivity index (χ1v) is 9.99. The number of aromatic nitrogens is 1. The average molecular weight is 372 g/mol. The Hall–Kier alpha value is -1.92. The van der Waals surface area contributed by atoms with Gasteiger partial charge < -0.3 is 4.90 Å². The molecule has 3 nitrogen and oxygen atoms in total. The Balaban J connectivity index is 1.49. The van der Waals surface area contributed by atoms with Crippen LogP contribution in [-0.2, 0) is 11.2 Å². The highest BCUT2D eigenvalue weighted by Crippen LogP contribution is 2.32. The summed E-state index contributed by atoms with van der Waals surface area (Å²) in [5.41, 5.74) is 4.29. The molecule has 128 valence electrons. The van der Waals surface area contributed by atoms with Crippen LogP contribution < -0.4 is 4.90 Å². The van der Waals surface area contributed by atoms with Crippen molar-refractivity contribution in [2.45, 2.75) is 24.1 Å². The molecule has 0 bridgehead atoms. The molecule has 3 aromatic rings. The topological polar surface area (TPSA) is 33.2 Å². The highest BCUT2D eigenvalue weighted by molar-refractivity contribution is 8.01. The monoisotopic (exact) mass is 372 g/mol. The van der Waals surface area contributed by atoms with E-state index in [9.17, 15) is 9.18 Å². The van der Waals surface area contributed by atoms with E-state index in [1.807, 2.05) is 11.0 Å². The molecule has 4 rings (SSSR count). The summed E-state index contributed by atoms with van der Waals surface area (Å²) >= 11 is 2.85. The number of benzene rings is 2. The molecule has 0 N–H and O–H groups in total. The maximum Gasteiger partial charge on any atom is 0.237 e. The van der Waals surface area contributed by atoms with Gasteiger partial charge in [-0.2, -0.15) is 0 Å². The molecule has 1 aliphatic heterocycles. The Labute approximate surface area is 153 Å². The summed E-state index contributed by atoms with van der Waals surface area (Å²) in [6, 6.07) is 10.9. The zero-order valence-electron chi connectivity index (χ0n) is 13.8. The Kier molecular flexibility index (Phi) is 4.48. The lowest BCUT2D eigenvalue weighted by Gasteiger charge is -2.29. The number of hydrogen-bond donors (Lipinski definition) is 0. The van der Waals surface area contributed by atoms with Gasteiger partial charge in [-0.15, -0.1) is 11.3 Å². The fraction of sp³-hybridized carbons (Fsp3) is 0.263. The summed E-state index contributed by atoms with van der Waals surface area (Å²) in [6.45, 7) is 2.84. The molecule has 1 aromatic heterocycles. The van der Waals surface area contributed by atoms with Crippen LogP contribution in [0.4, 0.5) is 10.1 Å². The second-order valence-electron chi connectivity index (χ2n) is 6.16. The van der Waals surface area contributed by atoms with Crippen molar-refractivity contribution in [2.24, 2.45) is 0 Å². The van der Waals surface area contributed by atoms with Crippen LogP contribution in [-0.4, -0.2) is 23.2 Å². The quantitative estimate of drug-likeness (QED) is 0.618. The van der Waals surface area contributed by atoms with Crippen LogP contribution in [0.15, 0.2) is 40.7 Å². The first-order valence-electron chi connectivity index (χ1n) is 8.19. The molecule has 0 spiro atoms. The normalized spacial score (nSPS) is 13.9. The molecular formula is C19H17FN2OS2. The van der Waals surface area contributed by atoms with Gasteiger partial charge in [-0.25, -0.2) is 9.37 Å². The number of rotatable bonds is 3. The number of nitrogens with zero attached hydrogens (tertiary/aromatic N) is 2. The first-order chi connectivity index (χ1) is 12.1. The van der Waals surface area contributed by atoms with Gasteiger partial charge in [0.05, 0.1) is 16.0 Å². The smallest absolute Gasteiger partial charge is 0.237 e. The standard InChI is InChI=1S/C19H17FN2OS2/c1-12-4-7-16-13(9-12)3-2-8-22(16)18(23)11-24-19-21-15-6-5-14(20)10-17(15)25-19/h4-7,9-10H,2-3,8,11H2,1H3. The lowest BCUT2D eigenvalue weighted by atomic mass is 10.00. The minimum absolute atomic E-state index is 0.0974. The Morgan fingerprint density at radius 3 is 3.08 bits per heavy atom. The van der Waals surface area contributed by atoms with E-state index in [4.69, 9.17) is 0 Å². The van der Waals surface area contributed by atoms with Crippen LogP contribution in [0.3, 0.4) is 0 Å². The predicted octanol–water partition coefficient (Wildman–Crippen LogP) is 4.82. The molecule has 0 saturated heterocycles. The Bertz CT molecular complexity index is 954. The van der Waals surface area contributed by atoms with E-state index in [-0.39, 0.29) is 11.7 Å². The van der Waals surface area contributed by atoms with Crippen molar-refractivity contribution in [1.82, 2.24) is 4.98 Å². The number of amides is 1. The highest BCUT2D eigenvalue weighted by atomic mass is 32.2. The van der Waals surface area contributed by atoms with Crippen molar-refractivity contribution in [3.63, 3.8) is 0 Å². The number of thiazole rings is 1. The molecule has 2 heterocycles. The molecular weight excluding hydrogens is 355 g/mol. The number of halogens is 1. The molecule has 25 heavy (non-hydrogen) atoms. The summed E-state index contributed by atoms with van der Waals surface area (Å²) in [4.78, 5) is 19.1. The maximum absolute atomic E-state index is 13.3. The molecule has 2 aromatic carbocycles. The van der Waals surface area contributed by atoms with Crippen LogP contribution in [0.1, 0.15) is 17.5 Å². The van der Waals surface area contributed by atoms with Gasteiger partial charge in [-0.3, -0.25) is 4.79 Å². The molecule has 0 saturated carbocycles. The van der Waals surface area contributed by atoms with E-state index in [1.54, 1.807) is 6.07 Å². The molecule has 0 radical (unpaired) electrons. The van der Waals surface area contributed by atoms with Gasteiger partial charge in [0.1, 0.15) is 5.82 Å². The molecule has 0 aliphatic carbocycles. The van der Waals surface area contributed by atoms with Gasteiger partial charge in [-0.05, 0) is 49.6 Å². The van der Waals surface area contributed by atoms with Crippen molar-refractivity contribution < 1.29 is 9.18 Å². The van der Waals surface area contributed by atoms with Crippen LogP contribution in [0, 0.1) is 12.7 Å². The molecule has 1 aliphatic rings. The molecule has 0 atom stereocenters. The number of thioether (sulfide) groups is 1. The largest absolute Gasteiger partial charge is 0.311 e. The molecule has 6 heteroatoms. The number of aryl methyl sites for hydroxylation is 2. The van der Waals surface area contributed by atoms with Crippen LogP contribution in [0.2, 0.25) is 0 Å². The molecule has 0 fully saturated rings.